The second-order valence-corrected chi connectivity index (χ2v) is 3.24. The van der Waals surface area contributed by atoms with Crippen molar-refractivity contribution < 1.29 is 9.68 Å². The molecule has 0 unspecified atom stereocenters. The highest BCUT2D eigenvalue weighted by Crippen LogP contribution is 2.30. The summed E-state index contributed by atoms with van der Waals surface area (Å²) >= 11 is 0. The molecule has 1 aliphatic rings. The van der Waals surface area contributed by atoms with E-state index in [0.29, 0.717) is 12.4 Å². The van der Waals surface area contributed by atoms with Gasteiger partial charge in [-0.1, -0.05) is 32.1 Å². The first-order valence-electron chi connectivity index (χ1n) is 4.64. The first-order chi connectivity index (χ1) is 5.34. The first-order valence-corrected chi connectivity index (χ1v) is 4.64. The zero-order valence-corrected chi connectivity index (χ0v) is 7.25. The summed E-state index contributed by atoms with van der Waals surface area (Å²) in [6.45, 7) is 2.55. The molecule has 3 heteroatoms. The molecule has 0 aromatic carbocycles. The Bertz CT molecular complexity index is 102. The smallest absolute Gasteiger partial charge is 0.427 e. The van der Waals surface area contributed by atoms with Gasteiger partial charge >= 0.3 is 7.12 Å². The molecular weight excluding hydrogens is 139 g/mol. The van der Waals surface area contributed by atoms with E-state index in [2.05, 4.69) is 0 Å². The van der Waals surface area contributed by atoms with Gasteiger partial charge in [-0.15, -0.1) is 0 Å². The summed E-state index contributed by atoms with van der Waals surface area (Å²) in [7, 11) is -0.500. The second kappa shape index (κ2) is 4.78. The lowest BCUT2D eigenvalue weighted by Crippen LogP contribution is -2.26. The predicted molar refractivity (Wildman–Crippen MR) is 46.4 cm³/mol. The van der Waals surface area contributed by atoms with E-state index in [9.17, 15) is 5.02 Å². The van der Waals surface area contributed by atoms with Crippen molar-refractivity contribution in [1.29, 1.82) is 0 Å². The average Bonchev–Trinajstić information content (AvgIpc) is 2.07. The Labute approximate surface area is 69.1 Å². The van der Waals surface area contributed by atoms with E-state index in [1.807, 2.05) is 6.92 Å². The average molecular weight is 156 g/mol. The fourth-order valence-corrected chi connectivity index (χ4v) is 1.73. The maximum Gasteiger partial charge on any atom is 0.457 e. The van der Waals surface area contributed by atoms with Crippen LogP contribution in [0.1, 0.15) is 39.0 Å². The molecular formula is C8H17BO2. The highest BCUT2D eigenvalue weighted by atomic mass is 16.5. The van der Waals surface area contributed by atoms with Gasteiger partial charge < -0.3 is 9.68 Å². The molecule has 1 N–H and O–H groups in total. The van der Waals surface area contributed by atoms with Crippen LogP contribution in [0.5, 0.6) is 0 Å². The number of hydrogen-bond donors (Lipinski definition) is 1. The van der Waals surface area contributed by atoms with E-state index >= 15 is 0 Å². The van der Waals surface area contributed by atoms with Crippen molar-refractivity contribution in [2.24, 2.45) is 0 Å². The van der Waals surface area contributed by atoms with Gasteiger partial charge in [0.25, 0.3) is 0 Å². The van der Waals surface area contributed by atoms with Crippen LogP contribution in [-0.2, 0) is 4.65 Å². The zero-order valence-electron chi connectivity index (χ0n) is 7.25. The quantitative estimate of drug-likeness (QED) is 0.631. The summed E-state index contributed by atoms with van der Waals surface area (Å²) in [5.41, 5.74) is 0. The minimum Gasteiger partial charge on any atom is -0.427 e. The highest BCUT2D eigenvalue weighted by Gasteiger charge is 2.27. The van der Waals surface area contributed by atoms with Crippen LogP contribution >= 0.6 is 0 Å². The fourth-order valence-electron chi connectivity index (χ4n) is 1.73. The lowest BCUT2D eigenvalue weighted by atomic mass is 9.65. The molecule has 0 bridgehead atoms. The van der Waals surface area contributed by atoms with Gasteiger partial charge in [0, 0.05) is 6.61 Å². The number of rotatable bonds is 3. The van der Waals surface area contributed by atoms with Crippen LogP contribution in [0.2, 0.25) is 5.82 Å². The highest BCUT2D eigenvalue weighted by molar-refractivity contribution is 6.44. The Morgan fingerprint density at radius 1 is 1.36 bits per heavy atom. The third-order valence-corrected chi connectivity index (χ3v) is 2.39. The lowest BCUT2D eigenvalue weighted by molar-refractivity contribution is 0.252. The molecule has 0 atom stereocenters. The van der Waals surface area contributed by atoms with E-state index in [1.54, 1.807) is 0 Å². The maximum absolute atomic E-state index is 9.45. The van der Waals surface area contributed by atoms with E-state index in [4.69, 9.17) is 4.65 Å². The minimum absolute atomic E-state index is 0.406. The van der Waals surface area contributed by atoms with Crippen LogP contribution in [0.4, 0.5) is 0 Å². The molecule has 1 saturated carbocycles. The van der Waals surface area contributed by atoms with Crippen LogP contribution in [-0.4, -0.2) is 18.7 Å². The van der Waals surface area contributed by atoms with Crippen molar-refractivity contribution in [3.05, 3.63) is 0 Å². The molecule has 2 nitrogen and oxygen atoms in total. The predicted octanol–water partition coefficient (Wildman–Crippen LogP) is 1.84. The third-order valence-electron chi connectivity index (χ3n) is 2.39. The molecule has 64 valence electrons. The van der Waals surface area contributed by atoms with Crippen molar-refractivity contribution in [2.75, 3.05) is 6.61 Å². The molecule has 0 saturated heterocycles. The minimum atomic E-state index is -0.500. The molecule has 0 aliphatic heterocycles. The van der Waals surface area contributed by atoms with Gasteiger partial charge in [-0.3, -0.25) is 0 Å². The van der Waals surface area contributed by atoms with E-state index < -0.39 is 7.12 Å². The second-order valence-electron chi connectivity index (χ2n) is 3.24. The van der Waals surface area contributed by atoms with Crippen molar-refractivity contribution >= 4 is 7.12 Å². The van der Waals surface area contributed by atoms with Gasteiger partial charge in [-0.05, 0) is 12.7 Å². The standard InChI is InChI=1S/C8H17BO2/c1-2-11-9(10)8-6-4-3-5-7-8/h8,10H,2-7H2,1H3. The van der Waals surface area contributed by atoms with Gasteiger partial charge in [0.2, 0.25) is 0 Å². The summed E-state index contributed by atoms with van der Waals surface area (Å²) < 4.78 is 5.14. The molecule has 0 aromatic rings. The monoisotopic (exact) mass is 156 g/mol. The Kier molecular flexibility index (Phi) is 3.94. The molecule has 1 aliphatic carbocycles. The Morgan fingerprint density at radius 3 is 2.55 bits per heavy atom. The summed E-state index contributed by atoms with van der Waals surface area (Å²) in [5.74, 6) is 0.406. The van der Waals surface area contributed by atoms with Gasteiger partial charge in [0.15, 0.2) is 0 Å². The summed E-state index contributed by atoms with van der Waals surface area (Å²) in [4.78, 5) is 0. The SMILES string of the molecule is CCOB(O)C1CCCCC1. The summed E-state index contributed by atoms with van der Waals surface area (Å²) in [6.07, 6.45) is 6.13. The Balaban J connectivity index is 2.21. The summed E-state index contributed by atoms with van der Waals surface area (Å²) in [6, 6.07) is 0. The van der Waals surface area contributed by atoms with Crippen LogP contribution in [0.3, 0.4) is 0 Å². The molecule has 0 radical (unpaired) electrons. The lowest BCUT2D eigenvalue weighted by Gasteiger charge is -2.22. The molecule has 0 heterocycles. The van der Waals surface area contributed by atoms with Crippen molar-refractivity contribution in [1.82, 2.24) is 0 Å². The Hall–Kier alpha value is -0.0151. The van der Waals surface area contributed by atoms with Crippen LogP contribution in [0, 0.1) is 0 Å². The van der Waals surface area contributed by atoms with E-state index in [-0.39, 0.29) is 0 Å². The van der Waals surface area contributed by atoms with Gasteiger partial charge in [0.1, 0.15) is 0 Å². The first kappa shape index (κ1) is 9.08. The van der Waals surface area contributed by atoms with E-state index in [0.717, 1.165) is 12.8 Å². The zero-order chi connectivity index (χ0) is 8.10. The van der Waals surface area contributed by atoms with Gasteiger partial charge in [-0.2, -0.15) is 0 Å². The van der Waals surface area contributed by atoms with Gasteiger partial charge in [0.05, 0.1) is 0 Å². The van der Waals surface area contributed by atoms with E-state index in [1.165, 1.54) is 19.3 Å². The molecule has 1 fully saturated rings. The van der Waals surface area contributed by atoms with Gasteiger partial charge in [-0.25, -0.2) is 0 Å². The summed E-state index contributed by atoms with van der Waals surface area (Å²) in [5, 5.41) is 9.45. The largest absolute Gasteiger partial charge is 0.457 e. The molecule has 11 heavy (non-hydrogen) atoms. The fraction of sp³-hybridized carbons (Fsp3) is 1.00. The van der Waals surface area contributed by atoms with Crippen molar-refractivity contribution in [3.8, 4) is 0 Å². The third kappa shape index (κ3) is 2.84. The molecule has 1 rings (SSSR count). The maximum atomic E-state index is 9.45. The van der Waals surface area contributed by atoms with Crippen LogP contribution in [0.25, 0.3) is 0 Å². The molecule has 0 amide bonds. The van der Waals surface area contributed by atoms with Crippen LogP contribution in [0.15, 0.2) is 0 Å². The normalized spacial score (nSPS) is 20.2. The Morgan fingerprint density at radius 2 is 2.00 bits per heavy atom. The topological polar surface area (TPSA) is 29.5 Å². The van der Waals surface area contributed by atoms with Crippen LogP contribution < -0.4 is 0 Å². The molecule has 0 spiro atoms. The van der Waals surface area contributed by atoms with Crippen molar-refractivity contribution in [3.63, 3.8) is 0 Å². The van der Waals surface area contributed by atoms with Crippen molar-refractivity contribution in [2.45, 2.75) is 44.8 Å². The number of hydrogen-bond acceptors (Lipinski definition) is 2. The molecule has 0 aromatic heterocycles.